The molecule has 0 fully saturated rings. The second-order valence-electron chi connectivity index (χ2n) is 13.3. The number of nitrogens with one attached hydrogen (secondary N) is 5. The quantitative estimate of drug-likeness (QED) is 0.122. The van der Waals surface area contributed by atoms with Gasteiger partial charge in [-0.05, 0) is 74.5 Å². The molecular weight excluding hydrogens is 723 g/mol. The number of urea groups is 1. The van der Waals surface area contributed by atoms with Crippen molar-refractivity contribution in [3.8, 4) is 5.75 Å². The van der Waals surface area contributed by atoms with Crippen molar-refractivity contribution in [2.75, 3.05) is 64.9 Å². The molecule has 0 bridgehead atoms. The summed E-state index contributed by atoms with van der Waals surface area (Å²) in [6.45, 7) is 10.6. The maximum atomic E-state index is 14.5. The fourth-order valence-corrected chi connectivity index (χ4v) is 6.17. The third-order valence-corrected chi connectivity index (χ3v) is 9.48. The van der Waals surface area contributed by atoms with E-state index in [1.807, 2.05) is 12.1 Å². The summed E-state index contributed by atoms with van der Waals surface area (Å²) in [7, 11) is 3.02. The summed E-state index contributed by atoms with van der Waals surface area (Å²) in [6.07, 6.45) is 1.22. The number of aromatic nitrogens is 1. The van der Waals surface area contributed by atoms with Gasteiger partial charge in [-0.3, -0.25) is 24.0 Å². The SMILES string of the molecule is CCN(CC)CCNC(=O)c1c(C)[nH]c(/C=C2\C(=O)N(C(=O)N(C)CCNC(=O)CCC(=O)NCC(=O)NCc3ccc(OC)cc3)c3ccc(F)cc32)c1C. The summed E-state index contributed by atoms with van der Waals surface area (Å²) in [5, 5.41) is 10.8. The molecule has 0 saturated heterocycles. The lowest BCUT2D eigenvalue weighted by molar-refractivity contribution is -0.128. The number of ether oxygens (including phenoxy) is 1. The number of nitrogens with zero attached hydrogens (tertiary/aromatic N) is 3. The zero-order valence-corrected chi connectivity index (χ0v) is 32.8. The van der Waals surface area contributed by atoms with Gasteiger partial charge in [-0.2, -0.15) is 0 Å². The Kier molecular flexibility index (Phi) is 15.3. The highest BCUT2D eigenvalue weighted by molar-refractivity contribution is 6.42. The number of hydrogen-bond acceptors (Lipinski definition) is 8. The van der Waals surface area contributed by atoms with Gasteiger partial charge in [0.05, 0.1) is 30.5 Å². The summed E-state index contributed by atoms with van der Waals surface area (Å²) in [4.78, 5) is 84.9. The largest absolute Gasteiger partial charge is 0.497 e. The number of imide groups is 1. The summed E-state index contributed by atoms with van der Waals surface area (Å²) in [6, 6.07) is 10.2. The van der Waals surface area contributed by atoms with Crippen LogP contribution >= 0.6 is 0 Å². The lowest BCUT2D eigenvalue weighted by Crippen LogP contribution is -2.45. The normalized spacial score (nSPS) is 12.8. The lowest BCUT2D eigenvalue weighted by Gasteiger charge is -2.23. The van der Waals surface area contributed by atoms with Gasteiger partial charge in [-0.15, -0.1) is 0 Å². The molecule has 3 aromatic rings. The molecule has 300 valence electrons. The molecular formula is C40H51FN8O7. The number of hydrogen-bond donors (Lipinski definition) is 5. The van der Waals surface area contributed by atoms with Crippen LogP contribution in [-0.4, -0.2) is 110 Å². The topological polar surface area (TPSA) is 185 Å². The van der Waals surface area contributed by atoms with E-state index in [1.54, 1.807) is 33.1 Å². The van der Waals surface area contributed by atoms with E-state index in [2.05, 4.69) is 45.0 Å². The van der Waals surface area contributed by atoms with Gasteiger partial charge in [0, 0.05) is 69.6 Å². The van der Waals surface area contributed by atoms with Crippen molar-refractivity contribution in [3.63, 3.8) is 0 Å². The third-order valence-electron chi connectivity index (χ3n) is 9.48. The monoisotopic (exact) mass is 774 g/mol. The molecule has 0 aliphatic carbocycles. The number of benzene rings is 2. The van der Waals surface area contributed by atoms with Crippen LogP contribution in [0.2, 0.25) is 0 Å². The van der Waals surface area contributed by atoms with Crippen molar-refractivity contribution in [1.82, 2.24) is 36.1 Å². The minimum Gasteiger partial charge on any atom is -0.497 e. The van der Waals surface area contributed by atoms with E-state index >= 15 is 0 Å². The molecule has 0 saturated carbocycles. The zero-order chi connectivity index (χ0) is 40.9. The Morgan fingerprint density at radius 2 is 1.54 bits per heavy atom. The van der Waals surface area contributed by atoms with E-state index in [0.717, 1.165) is 29.6 Å². The van der Waals surface area contributed by atoms with Crippen molar-refractivity contribution >= 4 is 52.9 Å². The van der Waals surface area contributed by atoms with Crippen LogP contribution in [0.25, 0.3) is 11.6 Å². The van der Waals surface area contributed by atoms with Gasteiger partial charge in [0.2, 0.25) is 17.7 Å². The predicted molar refractivity (Wildman–Crippen MR) is 210 cm³/mol. The molecule has 1 aliphatic heterocycles. The number of anilines is 1. The summed E-state index contributed by atoms with van der Waals surface area (Å²) < 4.78 is 19.6. The van der Waals surface area contributed by atoms with Crippen molar-refractivity contribution < 1.29 is 37.9 Å². The fraction of sp³-hybridized carbons (Fsp3) is 0.400. The third kappa shape index (κ3) is 11.0. The standard InChI is InChI=1S/C40H51FN8O7/c1-7-48(8-2)20-18-43-38(53)37-25(3)32(46-26(37)4)22-31-30-21-28(41)11-14-33(30)49(39(31)54)40(55)47(5)19-17-42-34(50)15-16-35(51)45-24-36(52)44-23-27-9-12-29(56-6)13-10-27/h9-14,21-22,46H,7-8,15-20,23-24H2,1-6H3,(H,42,50)(H,43,53)(H,44,52)(H,45,51)/b31-22-. The number of likely N-dealkylation sites (N-methyl/N-ethyl adjacent to an activating group) is 2. The average molecular weight is 775 g/mol. The van der Waals surface area contributed by atoms with Crippen LogP contribution < -0.4 is 30.9 Å². The van der Waals surface area contributed by atoms with Gasteiger partial charge in [0.25, 0.3) is 11.8 Å². The molecule has 2 heterocycles. The predicted octanol–water partition coefficient (Wildman–Crippen LogP) is 3.12. The minimum absolute atomic E-state index is 0.0200. The van der Waals surface area contributed by atoms with Gasteiger partial charge in [-0.1, -0.05) is 26.0 Å². The van der Waals surface area contributed by atoms with E-state index in [0.29, 0.717) is 41.4 Å². The second kappa shape index (κ2) is 20.0. The first kappa shape index (κ1) is 42.7. The van der Waals surface area contributed by atoms with Crippen LogP contribution in [0.3, 0.4) is 0 Å². The van der Waals surface area contributed by atoms with E-state index in [4.69, 9.17) is 4.74 Å². The van der Waals surface area contributed by atoms with Gasteiger partial charge >= 0.3 is 6.03 Å². The molecule has 1 aromatic heterocycles. The van der Waals surface area contributed by atoms with Gasteiger partial charge in [0.15, 0.2) is 0 Å². The van der Waals surface area contributed by atoms with Crippen molar-refractivity contribution in [3.05, 3.63) is 81.9 Å². The van der Waals surface area contributed by atoms with Crippen molar-refractivity contribution in [1.29, 1.82) is 0 Å². The highest BCUT2D eigenvalue weighted by Gasteiger charge is 2.38. The molecule has 0 unspecified atom stereocenters. The molecule has 0 atom stereocenters. The Morgan fingerprint density at radius 3 is 2.20 bits per heavy atom. The summed E-state index contributed by atoms with van der Waals surface area (Å²) in [5.41, 5.74) is 3.46. The Bertz CT molecular complexity index is 1960. The Hall–Kier alpha value is -6.03. The number of rotatable bonds is 18. The molecule has 15 nitrogen and oxygen atoms in total. The van der Waals surface area contributed by atoms with Crippen LogP contribution in [0.1, 0.15) is 65.1 Å². The van der Waals surface area contributed by atoms with Crippen molar-refractivity contribution in [2.45, 2.75) is 47.1 Å². The van der Waals surface area contributed by atoms with Crippen LogP contribution in [0, 0.1) is 19.7 Å². The second-order valence-corrected chi connectivity index (χ2v) is 13.3. The van der Waals surface area contributed by atoms with Crippen LogP contribution in [0.5, 0.6) is 5.75 Å². The summed E-state index contributed by atoms with van der Waals surface area (Å²) >= 11 is 0. The molecule has 4 rings (SSSR count). The number of carbonyl (C=O) groups excluding carboxylic acids is 6. The fourth-order valence-electron chi connectivity index (χ4n) is 6.17. The average Bonchev–Trinajstić information content (AvgIpc) is 3.62. The molecule has 2 aromatic carbocycles. The number of amides is 7. The molecule has 1 aliphatic rings. The first-order valence-corrected chi connectivity index (χ1v) is 18.5. The number of carbonyl (C=O) groups is 6. The van der Waals surface area contributed by atoms with E-state index in [-0.39, 0.29) is 67.7 Å². The molecule has 0 spiro atoms. The smallest absolute Gasteiger partial charge is 0.331 e. The van der Waals surface area contributed by atoms with Gasteiger partial charge in [0.1, 0.15) is 11.6 Å². The molecule has 5 N–H and O–H groups in total. The number of fused-ring (bicyclic) bond motifs is 1. The van der Waals surface area contributed by atoms with E-state index in [1.165, 1.54) is 30.2 Å². The maximum absolute atomic E-state index is 14.5. The number of halogens is 1. The minimum atomic E-state index is -0.696. The molecule has 0 radical (unpaired) electrons. The number of aromatic amines is 1. The maximum Gasteiger partial charge on any atom is 0.331 e. The van der Waals surface area contributed by atoms with E-state index in [9.17, 15) is 33.2 Å². The van der Waals surface area contributed by atoms with E-state index < -0.39 is 29.6 Å². The lowest BCUT2D eigenvalue weighted by atomic mass is 10.0. The molecule has 7 amide bonds. The molecule has 16 heteroatoms. The van der Waals surface area contributed by atoms with Crippen LogP contribution in [0.4, 0.5) is 14.9 Å². The highest BCUT2D eigenvalue weighted by atomic mass is 19.1. The van der Waals surface area contributed by atoms with Crippen LogP contribution in [0.15, 0.2) is 42.5 Å². The summed E-state index contributed by atoms with van der Waals surface area (Å²) in [5.74, 6) is -2.14. The highest BCUT2D eigenvalue weighted by Crippen LogP contribution is 2.39. The van der Waals surface area contributed by atoms with Gasteiger partial charge in [-0.25, -0.2) is 14.1 Å². The first-order chi connectivity index (χ1) is 26.8. The number of methoxy groups -OCH3 is 1. The van der Waals surface area contributed by atoms with Crippen molar-refractivity contribution in [2.24, 2.45) is 0 Å². The zero-order valence-electron chi connectivity index (χ0n) is 32.8. The molecule has 56 heavy (non-hydrogen) atoms. The van der Waals surface area contributed by atoms with Gasteiger partial charge < -0.3 is 40.8 Å². The Morgan fingerprint density at radius 1 is 0.875 bits per heavy atom. The van der Waals surface area contributed by atoms with Crippen LogP contribution in [-0.2, 0) is 25.7 Å². The Labute approximate surface area is 326 Å². The first-order valence-electron chi connectivity index (χ1n) is 18.5. The number of aryl methyl sites for hydroxylation is 1. The number of H-pyrrole nitrogens is 1. The Balaban J connectivity index is 1.29.